The van der Waals surface area contributed by atoms with E-state index in [1.54, 1.807) is 18.2 Å². The third-order valence-electron chi connectivity index (χ3n) is 3.34. The highest BCUT2D eigenvalue weighted by molar-refractivity contribution is 6.39. The molecule has 3 aromatic rings. The number of halogens is 4. The van der Waals surface area contributed by atoms with E-state index in [9.17, 15) is 13.9 Å². The zero-order chi connectivity index (χ0) is 16.6. The maximum atomic E-state index is 14.0. The number of hydrogen-bond donors (Lipinski definition) is 1. The molecule has 1 N–H and O–H groups in total. The van der Waals surface area contributed by atoms with Crippen molar-refractivity contribution in [2.75, 3.05) is 0 Å². The highest BCUT2D eigenvalue weighted by Crippen LogP contribution is 2.40. The summed E-state index contributed by atoms with van der Waals surface area (Å²) in [5.74, 6) is -1.85. The molecular weight excluding hydrogens is 347 g/mol. The minimum Gasteiger partial charge on any atom is -0.391 e. The Morgan fingerprint density at radius 1 is 0.957 bits per heavy atom. The maximum Gasteiger partial charge on any atom is 0.178 e. The summed E-state index contributed by atoms with van der Waals surface area (Å²) in [6, 6.07) is 8.22. The molecule has 3 rings (SSSR count). The quantitative estimate of drug-likeness (QED) is 0.711. The summed E-state index contributed by atoms with van der Waals surface area (Å²) in [6.45, 7) is -0.552. The normalized spacial score (nSPS) is 11.0. The van der Waals surface area contributed by atoms with Gasteiger partial charge in [0.05, 0.1) is 27.8 Å². The summed E-state index contributed by atoms with van der Waals surface area (Å²) in [4.78, 5) is 0. The van der Waals surface area contributed by atoms with Crippen LogP contribution in [0.3, 0.4) is 0 Å². The van der Waals surface area contributed by atoms with Crippen molar-refractivity contribution >= 4 is 23.2 Å². The number of nitrogens with zero attached hydrogens (tertiary/aromatic N) is 1. The molecule has 0 saturated heterocycles. The molecule has 0 fully saturated rings. The van der Waals surface area contributed by atoms with E-state index in [2.05, 4.69) is 5.16 Å². The summed E-state index contributed by atoms with van der Waals surface area (Å²) in [5, 5.41) is 14.0. The predicted octanol–water partition coefficient (Wildman–Crippen LogP) is 5.09. The molecule has 0 unspecified atom stereocenters. The molecule has 0 aliphatic rings. The fourth-order valence-corrected chi connectivity index (χ4v) is 2.86. The molecule has 0 aliphatic carbocycles. The maximum absolute atomic E-state index is 14.0. The third kappa shape index (κ3) is 2.72. The molecule has 7 heteroatoms. The fourth-order valence-electron chi connectivity index (χ4n) is 2.29. The van der Waals surface area contributed by atoms with Gasteiger partial charge in [0, 0.05) is 5.56 Å². The van der Waals surface area contributed by atoms with Crippen molar-refractivity contribution in [2.24, 2.45) is 0 Å². The Labute approximate surface area is 140 Å². The van der Waals surface area contributed by atoms with Crippen LogP contribution in [0.4, 0.5) is 8.78 Å². The predicted molar refractivity (Wildman–Crippen MR) is 83.2 cm³/mol. The van der Waals surface area contributed by atoms with Crippen molar-refractivity contribution in [3.63, 3.8) is 0 Å². The Bertz CT molecular complexity index is 771. The topological polar surface area (TPSA) is 46.3 Å². The Morgan fingerprint density at radius 2 is 1.52 bits per heavy atom. The van der Waals surface area contributed by atoms with Gasteiger partial charge in [0.1, 0.15) is 17.3 Å². The highest BCUT2D eigenvalue weighted by atomic mass is 35.5. The molecule has 2 aromatic carbocycles. The first-order chi connectivity index (χ1) is 11.0. The minimum atomic E-state index is -0.826. The second-order valence-electron chi connectivity index (χ2n) is 4.69. The van der Waals surface area contributed by atoms with Gasteiger partial charge in [-0.3, -0.25) is 0 Å². The molecule has 0 radical (unpaired) electrons. The number of benzene rings is 2. The van der Waals surface area contributed by atoms with Crippen LogP contribution in [0.5, 0.6) is 0 Å². The van der Waals surface area contributed by atoms with Crippen LogP contribution in [0.25, 0.3) is 22.6 Å². The number of aliphatic hydroxyl groups is 1. The third-order valence-corrected chi connectivity index (χ3v) is 3.97. The molecule has 0 aliphatic heterocycles. The lowest BCUT2D eigenvalue weighted by Gasteiger charge is -2.06. The van der Waals surface area contributed by atoms with Crippen LogP contribution in [-0.4, -0.2) is 10.3 Å². The van der Waals surface area contributed by atoms with E-state index >= 15 is 0 Å². The van der Waals surface area contributed by atoms with Crippen molar-refractivity contribution in [1.29, 1.82) is 0 Å². The molecule has 1 aromatic heterocycles. The Balaban J connectivity index is 2.27. The van der Waals surface area contributed by atoms with Crippen molar-refractivity contribution in [3.8, 4) is 22.6 Å². The Kier molecular flexibility index (Phi) is 4.35. The lowest BCUT2D eigenvalue weighted by atomic mass is 10.0. The number of rotatable bonds is 3. The van der Waals surface area contributed by atoms with Gasteiger partial charge in [0.2, 0.25) is 0 Å². The van der Waals surface area contributed by atoms with E-state index in [1.165, 1.54) is 6.07 Å². The molecule has 1 heterocycles. The zero-order valence-corrected chi connectivity index (χ0v) is 13.0. The van der Waals surface area contributed by atoms with Crippen molar-refractivity contribution in [2.45, 2.75) is 6.61 Å². The van der Waals surface area contributed by atoms with E-state index in [1.807, 2.05) is 0 Å². The van der Waals surface area contributed by atoms with Gasteiger partial charge >= 0.3 is 0 Å². The average Bonchev–Trinajstić information content (AvgIpc) is 2.90. The number of aromatic nitrogens is 1. The van der Waals surface area contributed by atoms with E-state index in [-0.39, 0.29) is 27.1 Å². The van der Waals surface area contributed by atoms with Crippen molar-refractivity contribution in [1.82, 2.24) is 5.16 Å². The van der Waals surface area contributed by atoms with E-state index in [0.29, 0.717) is 5.56 Å². The molecule has 118 valence electrons. The van der Waals surface area contributed by atoms with Crippen molar-refractivity contribution < 1.29 is 18.4 Å². The SMILES string of the molecule is OCc1c(-c2c(Cl)cccc2Cl)noc1-c1c(F)cccc1F. The second-order valence-corrected chi connectivity index (χ2v) is 5.50. The van der Waals surface area contributed by atoms with Gasteiger partial charge < -0.3 is 9.63 Å². The van der Waals surface area contributed by atoms with Crippen LogP contribution in [-0.2, 0) is 6.61 Å². The first kappa shape index (κ1) is 15.9. The lowest BCUT2D eigenvalue weighted by molar-refractivity contribution is 0.281. The van der Waals surface area contributed by atoms with Gasteiger partial charge in [-0.25, -0.2) is 8.78 Å². The van der Waals surface area contributed by atoms with Gasteiger partial charge in [0.15, 0.2) is 5.76 Å². The monoisotopic (exact) mass is 355 g/mol. The molecule has 23 heavy (non-hydrogen) atoms. The smallest absolute Gasteiger partial charge is 0.178 e. The molecule has 0 atom stereocenters. The van der Waals surface area contributed by atoms with E-state index in [0.717, 1.165) is 12.1 Å². The molecule has 0 saturated carbocycles. The lowest BCUT2D eigenvalue weighted by Crippen LogP contribution is -1.94. The van der Waals surface area contributed by atoms with Crippen LogP contribution < -0.4 is 0 Å². The van der Waals surface area contributed by atoms with Gasteiger partial charge in [0.25, 0.3) is 0 Å². The summed E-state index contributed by atoms with van der Waals surface area (Å²) in [7, 11) is 0. The first-order valence-corrected chi connectivity index (χ1v) is 7.28. The summed E-state index contributed by atoms with van der Waals surface area (Å²) in [6.07, 6.45) is 0. The highest BCUT2D eigenvalue weighted by Gasteiger charge is 2.25. The van der Waals surface area contributed by atoms with Gasteiger partial charge in [-0.1, -0.05) is 40.5 Å². The van der Waals surface area contributed by atoms with E-state index in [4.69, 9.17) is 27.7 Å². The first-order valence-electron chi connectivity index (χ1n) is 6.52. The van der Waals surface area contributed by atoms with Gasteiger partial charge in [-0.05, 0) is 24.3 Å². The number of hydrogen-bond acceptors (Lipinski definition) is 3. The van der Waals surface area contributed by atoms with Gasteiger partial charge in [-0.2, -0.15) is 0 Å². The van der Waals surface area contributed by atoms with Gasteiger partial charge in [-0.15, -0.1) is 0 Å². The average molecular weight is 356 g/mol. The standard InChI is InChI=1S/C16H9Cl2F2NO2/c17-9-3-1-4-10(18)13(9)15-8(7-22)16(23-21-15)14-11(19)5-2-6-12(14)20/h1-6,22H,7H2. The van der Waals surface area contributed by atoms with Crippen molar-refractivity contribution in [3.05, 3.63) is 63.6 Å². The summed E-state index contributed by atoms with van der Waals surface area (Å²) < 4.78 is 33.0. The Morgan fingerprint density at radius 3 is 2.09 bits per heavy atom. The fraction of sp³-hybridized carbons (Fsp3) is 0.0625. The molecule has 0 amide bonds. The van der Waals surface area contributed by atoms with Crippen LogP contribution in [0.1, 0.15) is 5.56 Å². The second kappa shape index (κ2) is 6.28. The van der Waals surface area contributed by atoms with Crippen LogP contribution in [0.2, 0.25) is 10.0 Å². The molecule has 0 bridgehead atoms. The number of aliphatic hydroxyl groups excluding tert-OH is 1. The van der Waals surface area contributed by atoms with Crippen LogP contribution in [0, 0.1) is 11.6 Å². The van der Waals surface area contributed by atoms with Crippen LogP contribution in [0.15, 0.2) is 40.9 Å². The molecular formula is C16H9Cl2F2NO2. The molecule has 0 spiro atoms. The minimum absolute atomic E-state index is 0.101. The summed E-state index contributed by atoms with van der Waals surface area (Å²) in [5.41, 5.74) is 0.162. The zero-order valence-electron chi connectivity index (χ0n) is 11.5. The van der Waals surface area contributed by atoms with Crippen LogP contribution >= 0.6 is 23.2 Å². The Hall–Kier alpha value is -1.95. The molecule has 3 nitrogen and oxygen atoms in total. The largest absolute Gasteiger partial charge is 0.391 e. The summed E-state index contributed by atoms with van der Waals surface area (Å²) >= 11 is 12.2. The van der Waals surface area contributed by atoms with E-state index < -0.39 is 23.8 Å².